The van der Waals surface area contributed by atoms with E-state index in [9.17, 15) is 0 Å². The van der Waals surface area contributed by atoms with Gasteiger partial charge in [0, 0.05) is 6.04 Å². The van der Waals surface area contributed by atoms with Gasteiger partial charge >= 0.3 is 0 Å². The number of hydrogen-bond acceptors (Lipinski definition) is 2. The van der Waals surface area contributed by atoms with Crippen LogP contribution in [0.1, 0.15) is 38.2 Å². The highest BCUT2D eigenvalue weighted by Gasteiger charge is 2.28. The van der Waals surface area contributed by atoms with Crippen LogP contribution in [-0.2, 0) is 6.42 Å². The summed E-state index contributed by atoms with van der Waals surface area (Å²) in [4.78, 5) is 0. The van der Waals surface area contributed by atoms with Crippen molar-refractivity contribution >= 4 is 0 Å². The van der Waals surface area contributed by atoms with Crippen molar-refractivity contribution in [1.82, 2.24) is 0 Å². The standard InChI is InChI=1S/C16H25NO/c1-3-12-8-9-13(10-12)15(17)11-14-6-4-5-7-16(14)18-2/h4-7,12-13,15H,3,8-11,17H2,1-2H3. The van der Waals surface area contributed by atoms with Crippen molar-refractivity contribution < 1.29 is 4.74 Å². The molecule has 1 aromatic rings. The fraction of sp³-hybridized carbons (Fsp3) is 0.625. The van der Waals surface area contributed by atoms with Gasteiger partial charge in [-0.1, -0.05) is 38.0 Å². The monoisotopic (exact) mass is 247 g/mol. The molecule has 1 fully saturated rings. The van der Waals surface area contributed by atoms with E-state index in [-0.39, 0.29) is 6.04 Å². The van der Waals surface area contributed by atoms with Crippen LogP contribution in [0.3, 0.4) is 0 Å². The predicted octanol–water partition coefficient (Wildman–Crippen LogP) is 3.39. The molecular formula is C16H25NO. The summed E-state index contributed by atoms with van der Waals surface area (Å²) in [7, 11) is 1.73. The maximum atomic E-state index is 6.40. The zero-order valence-corrected chi connectivity index (χ0v) is 11.6. The first kappa shape index (κ1) is 13.4. The number of methoxy groups -OCH3 is 1. The highest BCUT2D eigenvalue weighted by Crippen LogP contribution is 2.35. The van der Waals surface area contributed by atoms with Crippen LogP contribution in [-0.4, -0.2) is 13.2 Å². The molecule has 3 atom stereocenters. The second kappa shape index (κ2) is 6.24. The number of para-hydroxylation sites is 1. The average molecular weight is 247 g/mol. The van der Waals surface area contributed by atoms with Crippen molar-refractivity contribution in [2.45, 2.75) is 45.1 Å². The third kappa shape index (κ3) is 3.05. The first-order chi connectivity index (χ1) is 8.74. The first-order valence-corrected chi connectivity index (χ1v) is 7.12. The van der Waals surface area contributed by atoms with E-state index >= 15 is 0 Å². The molecule has 1 aliphatic rings. The Labute approximate surface area is 111 Å². The molecule has 0 saturated heterocycles. The predicted molar refractivity (Wildman–Crippen MR) is 75.8 cm³/mol. The Hall–Kier alpha value is -1.02. The van der Waals surface area contributed by atoms with Crippen LogP contribution >= 0.6 is 0 Å². The fourth-order valence-corrected chi connectivity index (χ4v) is 3.17. The second-order valence-electron chi connectivity index (χ2n) is 5.53. The van der Waals surface area contributed by atoms with Gasteiger partial charge in [-0.25, -0.2) is 0 Å². The Morgan fingerprint density at radius 1 is 1.33 bits per heavy atom. The number of nitrogens with two attached hydrogens (primary N) is 1. The highest BCUT2D eigenvalue weighted by atomic mass is 16.5. The molecule has 0 aromatic heterocycles. The Kier molecular flexibility index (Phi) is 4.65. The first-order valence-electron chi connectivity index (χ1n) is 7.12. The van der Waals surface area contributed by atoms with Gasteiger partial charge in [0.05, 0.1) is 7.11 Å². The normalized spacial score (nSPS) is 25.1. The average Bonchev–Trinajstić information content (AvgIpc) is 2.88. The smallest absolute Gasteiger partial charge is 0.122 e. The largest absolute Gasteiger partial charge is 0.496 e. The van der Waals surface area contributed by atoms with Crippen LogP contribution in [0.5, 0.6) is 5.75 Å². The van der Waals surface area contributed by atoms with Gasteiger partial charge in [0.1, 0.15) is 5.75 Å². The molecule has 2 nitrogen and oxygen atoms in total. The Morgan fingerprint density at radius 2 is 2.11 bits per heavy atom. The van der Waals surface area contributed by atoms with Crippen molar-refractivity contribution in [2.75, 3.05) is 7.11 Å². The maximum Gasteiger partial charge on any atom is 0.122 e. The van der Waals surface area contributed by atoms with Crippen LogP contribution in [0.25, 0.3) is 0 Å². The molecule has 100 valence electrons. The second-order valence-corrected chi connectivity index (χ2v) is 5.53. The maximum absolute atomic E-state index is 6.40. The number of hydrogen-bond donors (Lipinski definition) is 1. The summed E-state index contributed by atoms with van der Waals surface area (Å²) in [6, 6.07) is 8.50. The van der Waals surface area contributed by atoms with E-state index in [4.69, 9.17) is 10.5 Å². The van der Waals surface area contributed by atoms with Gasteiger partial charge in [0.15, 0.2) is 0 Å². The lowest BCUT2D eigenvalue weighted by atomic mass is 9.91. The Bertz CT molecular complexity index is 377. The third-order valence-electron chi connectivity index (χ3n) is 4.41. The van der Waals surface area contributed by atoms with Crippen molar-refractivity contribution in [3.8, 4) is 5.75 Å². The topological polar surface area (TPSA) is 35.2 Å². The summed E-state index contributed by atoms with van der Waals surface area (Å²) < 4.78 is 5.40. The quantitative estimate of drug-likeness (QED) is 0.865. The van der Waals surface area contributed by atoms with E-state index in [1.54, 1.807) is 7.11 Å². The lowest BCUT2D eigenvalue weighted by Crippen LogP contribution is -2.31. The molecule has 0 amide bonds. The molecule has 1 aromatic carbocycles. The molecule has 2 rings (SSSR count). The van der Waals surface area contributed by atoms with E-state index < -0.39 is 0 Å². The molecule has 3 unspecified atom stereocenters. The molecule has 1 saturated carbocycles. The van der Waals surface area contributed by atoms with Gasteiger partial charge < -0.3 is 10.5 Å². The minimum absolute atomic E-state index is 0.276. The zero-order valence-electron chi connectivity index (χ0n) is 11.6. The lowest BCUT2D eigenvalue weighted by molar-refractivity contribution is 0.386. The van der Waals surface area contributed by atoms with Crippen LogP contribution in [0.2, 0.25) is 0 Å². The van der Waals surface area contributed by atoms with Gasteiger partial charge in [-0.2, -0.15) is 0 Å². The van der Waals surface area contributed by atoms with E-state index in [0.717, 1.165) is 18.1 Å². The van der Waals surface area contributed by atoms with Crippen LogP contribution in [0.15, 0.2) is 24.3 Å². The highest BCUT2D eigenvalue weighted by molar-refractivity contribution is 5.33. The lowest BCUT2D eigenvalue weighted by Gasteiger charge is -2.20. The molecule has 0 radical (unpaired) electrons. The van der Waals surface area contributed by atoms with Gasteiger partial charge in [-0.3, -0.25) is 0 Å². The minimum Gasteiger partial charge on any atom is -0.496 e. The summed E-state index contributed by atoms with van der Waals surface area (Å²) in [6.07, 6.45) is 6.21. The zero-order chi connectivity index (χ0) is 13.0. The molecule has 0 spiro atoms. The van der Waals surface area contributed by atoms with Crippen LogP contribution in [0.4, 0.5) is 0 Å². The van der Waals surface area contributed by atoms with Gasteiger partial charge in [0.25, 0.3) is 0 Å². The van der Waals surface area contributed by atoms with Crippen LogP contribution < -0.4 is 10.5 Å². The third-order valence-corrected chi connectivity index (χ3v) is 4.41. The van der Waals surface area contributed by atoms with Gasteiger partial charge in [-0.15, -0.1) is 0 Å². The summed E-state index contributed by atoms with van der Waals surface area (Å²) >= 11 is 0. The summed E-state index contributed by atoms with van der Waals surface area (Å²) in [5, 5.41) is 0. The van der Waals surface area contributed by atoms with Crippen molar-refractivity contribution in [3.63, 3.8) is 0 Å². The molecule has 0 aliphatic heterocycles. The van der Waals surface area contributed by atoms with Crippen molar-refractivity contribution in [3.05, 3.63) is 29.8 Å². The summed E-state index contributed by atoms with van der Waals surface area (Å²) in [6.45, 7) is 2.29. The summed E-state index contributed by atoms with van der Waals surface area (Å²) in [5.74, 6) is 2.57. The molecule has 18 heavy (non-hydrogen) atoms. The summed E-state index contributed by atoms with van der Waals surface area (Å²) in [5.41, 5.74) is 7.64. The molecule has 0 bridgehead atoms. The molecule has 1 aliphatic carbocycles. The van der Waals surface area contributed by atoms with Gasteiger partial charge in [0.2, 0.25) is 0 Å². The molecule has 2 N–H and O–H groups in total. The number of benzene rings is 1. The van der Waals surface area contributed by atoms with Crippen molar-refractivity contribution in [1.29, 1.82) is 0 Å². The molecule has 0 heterocycles. The van der Waals surface area contributed by atoms with E-state index in [2.05, 4.69) is 19.1 Å². The van der Waals surface area contributed by atoms with Crippen LogP contribution in [0, 0.1) is 11.8 Å². The van der Waals surface area contributed by atoms with E-state index in [1.807, 2.05) is 12.1 Å². The van der Waals surface area contributed by atoms with Crippen molar-refractivity contribution in [2.24, 2.45) is 17.6 Å². The Balaban J connectivity index is 1.96. The molecule has 2 heteroatoms. The molecular weight excluding hydrogens is 222 g/mol. The number of ether oxygens (including phenoxy) is 1. The van der Waals surface area contributed by atoms with E-state index in [1.165, 1.54) is 31.2 Å². The van der Waals surface area contributed by atoms with E-state index in [0.29, 0.717) is 5.92 Å². The number of rotatable bonds is 5. The fourth-order valence-electron chi connectivity index (χ4n) is 3.17. The Morgan fingerprint density at radius 3 is 2.78 bits per heavy atom. The minimum atomic E-state index is 0.276. The SMILES string of the molecule is CCC1CCC(C(N)Cc2ccccc2OC)C1. The van der Waals surface area contributed by atoms with Gasteiger partial charge in [-0.05, 0) is 42.7 Å².